The molecule has 0 bridgehead atoms. The number of carbonyl (C=O) groups is 1. The van der Waals surface area contributed by atoms with Crippen LogP contribution in [-0.4, -0.2) is 23.8 Å². The minimum Gasteiger partial charge on any atom is -0.494 e. The van der Waals surface area contributed by atoms with Crippen LogP contribution in [0.15, 0.2) is 22.4 Å². The Morgan fingerprint density at radius 2 is 2.19 bits per heavy atom. The number of aromatic nitrogens is 1. The highest BCUT2D eigenvalue weighted by Crippen LogP contribution is 2.30. The lowest BCUT2D eigenvalue weighted by atomic mass is 10.1. The lowest BCUT2D eigenvalue weighted by Gasteiger charge is -2.09. The van der Waals surface area contributed by atoms with Gasteiger partial charge in [-0.1, -0.05) is 17.4 Å². The average Bonchev–Trinajstić information content (AvgIpc) is 2.81. The standard InChI is InChI=1S/C15H18N2O2S2/c1-5-19-12-8-11(7-6-9(12)2)13(18)17-15-16-10(3)14(20-4)21-15/h6-8H,5H2,1-4H3,(H,16,17,18). The first-order chi connectivity index (χ1) is 10.0. The Labute approximate surface area is 132 Å². The molecule has 6 heteroatoms. The van der Waals surface area contributed by atoms with Crippen molar-refractivity contribution in [2.24, 2.45) is 0 Å². The fourth-order valence-corrected chi connectivity index (χ4v) is 3.45. The topological polar surface area (TPSA) is 51.2 Å². The van der Waals surface area contributed by atoms with E-state index in [9.17, 15) is 4.79 Å². The molecule has 0 saturated carbocycles. The van der Waals surface area contributed by atoms with E-state index in [2.05, 4.69) is 10.3 Å². The molecule has 0 radical (unpaired) electrons. The third-order valence-corrected chi connectivity index (χ3v) is 5.19. The van der Waals surface area contributed by atoms with E-state index in [0.29, 0.717) is 17.3 Å². The molecular formula is C15H18N2O2S2. The van der Waals surface area contributed by atoms with E-state index in [0.717, 1.165) is 21.2 Å². The number of hydrogen-bond donors (Lipinski definition) is 1. The van der Waals surface area contributed by atoms with E-state index in [1.54, 1.807) is 23.9 Å². The number of thioether (sulfide) groups is 1. The largest absolute Gasteiger partial charge is 0.494 e. The van der Waals surface area contributed by atoms with E-state index in [1.807, 2.05) is 33.1 Å². The summed E-state index contributed by atoms with van der Waals surface area (Å²) in [5.41, 5.74) is 2.53. The molecule has 0 fully saturated rings. The molecule has 2 rings (SSSR count). The number of carbonyl (C=O) groups excluding carboxylic acids is 1. The summed E-state index contributed by atoms with van der Waals surface area (Å²) in [7, 11) is 0. The summed E-state index contributed by atoms with van der Waals surface area (Å²) in [6, 6.07) is 5.45. The predicted octanol–water partition coefficient (Wildman–Crippen LogP) is 4.13. The van der Waals surface area contributed by atoms with Gasteiger partial charge < -0.3 is 4.74 Å². The number of amides is 1. The molecule has 1 heterocycles. The second-order valence-electron chi connectivity index (χ2n) is 4.46. The van der Waals surface area contributed by atoms with Crippen LogP contribution in [0.25, 0.3) is 0 Å². The van der Waals surface area contributed by atoms with Crippen LogP contribution >= 0.6 is 23.1 Å². The molecule has 0 aliphatic carbocycles. The Morgan fingerprint density at radius 3 is 2.81 bits per heavy atom. The van der Waals surface area contributed by atoms with Gasteiger partial charge in [0.1, 0.15) is 5.75 Å². The summed E-state index contributed by atoms with van der Waals surface area (Å²) in [6.07, 6.45) is 2.00. The van der Waals surface area contributed by atoms with Crippen LogP contribution in [0, 0.1) is 13.8 Å². The fraction of sp³-hybridized carbons (Fsp3) is 0.333. The molecule has 0 aliphatic heterocycles. The number of hydrogen-bond acceptors (Lipinski definition) is 5. The Bertz CT molecular complexity index is 653. The number of nitrogens with one attached hydrogen (secondary N) is 1. The molecular weight excluding hydrogens is 304 g/mol. The van der Waals surface area contributed by atoms with Gasteiger partial charge in [-0.2, -0.15) is 0 Å². The van der Waals surface area contributed by atoms with Crippen LogP contribution in [0.4, 0.5) is 5.13 Å². The maximum atomic E-state index is 12.3. The minimum atomic E-state index is -0.169. The quantitative estimate of drug-likeness (QED) is 0.841. The van der Waals surface area contributed by atoms with Gasteiger partial charge in [-0.05, 0) is 44.7 Å². The van der Waals surface area contributed by atoms with Gasteiger partial charge in [0, 0.05) is 5.56 Å². The third-order valence-electron chi connectivity index (χ3n) is 2.91. The predicted molar refractivity (Wildman–Crippen MR) is 88.9 cm³/mol. The van der Waals surface area contributed by atoms with Gasteiger partial charge in [-0.3, -0.25) is 10.1 Å². The highest BCUT2D eigenvalue weighted by molar-refractivity contribution is 8.00. The highest BCUT2D eigenvalue weighted by atomic mass is 32.2. The van der Waals surface area contributed by atoms with Crippen LogP contribution in [-0.2, 0) is 0 Å². The van der Waals surface area contributed by atoms with Crippen LogP contribution in [0.1, 0.15) is 28.5 Å². The Balaban J connectivity index is 2.17. The fourth-order valence-electron chi connectivity index (χ4n) is 1.85. The van der Waals surface area contributed by atoms with Gasteiger partial charge in [0.25, 0.3) is 5.91 Å². The van der Waals surface area contributed by atoms with Gasteiger partial charge in [-0.25, -0.2) is 4.98 Å². The Kier molecular flexibility index (Phi) is 5.25. The van der Waals surface area contributed by atoms with E-state index in [-0.39, 0.29) is 5.91 Å². The summed E-state index contributed by atoms with van der Waals surface area (Å²) >= 11 is 3.12. The minimum absolute atomic E-state index is 0.169. The van der Waals surface area contributed by atoms with Crippen molar-refractivity contribution in [3.8, 4) is 5.75 Å². The second-order valence-corrected chi connectivity index (χ2v) is 6.54. The van der Waals surface area contributed by atoms with E-state index in [1.165, 1.54) is 11.3 Å². The zero-order chi connectivity index (χ0) is 15.4. The molecule has 1 aromatic carbocycles. The molecule has 0 spiro atoms. The van der Waals surface area contributed by atoms with Crippen LogP contribution in [0.2, 0.25) is 0 Å². The van der Waals surface area contributed by atoms with Crippen molar-refractivity contribution in [1.29, 1.82) is 0 Å². The molecule has 0 aliphatic rings. The number of benzene rings is 1. The van der Waals surface area contributed by atoms with Crippen molar-refractivity contribution >= 4 is 34.1 Å². The summed E-state index contributed by atoms with van der Waals surface area (Å²) in [5.74, 6) is 0.572. The first-order valence-electron chi connectivity index (χ1n) is 6.61. The number of nitrogens with zero attached hydrogens (tertiary/aromatic N) is 1. The molecule has 112 valence electrons. The maximum absolute atomic E-state index is 12.3. The van der Waals surface area contributed by atoms with Crippen LogP contribution in [0.3, 0.4) is 0 Å². The van der Waals surface area contributed by atoms with Crippen molar-refractivity contribution in [3.63, 3.8) is 0 Å². The summed E-state index contributed by atoms with van der Waals surface area (Å²) in [6.45, 7) is 6.40. The molecule has 0 unspecified atom stereocenters. The normalized spacial score (nSPS) is 10.5. The lowest BCUT2D eigenvalue weighted by molar-refractivity contribution is 0.102. The summed E-state index contributed by atoms with van der Waals surface area (Å²) < 4.78 is 6.64. The van der Waals surface area contributed by atoms with Crippen LogP contribution in [0.5, 0.6) is 5.75 Å². The zero-order valence-electron chi connectivity index (χ0n) is 12.5. The second kappa shape index (κ2) is 6.95. The summed E-state index contributed by atoms with van der Waals surface area (Å²) in [5, 5.41) is 3.47. The molecule has 0 atom stereocenters. The third kappa shape index (κ3) is 3.77. The maximum Gasteiger partial charge on any atom is 0.257 e. The van der Waals surface area contributed by atoms with Crippen molar-refractivity contribution in [2.75, 3.05) is 18.2 Å². The number of anilines is 1. The van der Waals surface area contributed by atoms with E-state index in [4.69, 9.17) is 4.74 Å². The first kappa shape index (κ1) is 15.9. The molecule has 1 N–H and O–H groups in total. The molecule has 1 amide bonds. The van der Waals surface area contributed by atoms with Crippen molar-refractivity contribution in [3.05, 3.63) is 35.0 Å². The van der Waals surface area contributed by atoms with Gasteiger partial charge >= 0.3 is 0 Å². The Hall–Kier alpha value is -1.53. The number of aryl methyl sites for hydroxylation is 2. The molecule has 0 saturated heterocycles. The van der Waals surface area contributed by atoms with Crippen molar-refractivity contribution in [1.82, 2.24) is 4.98 Å². The van der Waals surface area contributed by atoms with Gasteiger partial charge in [-0.15, -0.1) is 11.8 Å². The Morgan fingerprint density at radius 1 is 1.43 bits per heavy atom. The first-order valence-corrected chi connectivity index (χ1v) is 8.65. The SMILES string of the molecule is CCOc1cc(C(=O)Nc2nc(C)c(SC)s2)ccc1C. The molecule has 1 aromatic heterocycles. The van der Waals surface area contributed by atoms with Crippen molar-refractivity contribution < 1.29 is 9.53 Å². The average molecular weight is 322 g/mol. The van der Waals surface area contributed by atoms with Gasteiger partial charge in [0.2, 0.25) is 0 Å². The molecule has 21 heavy (non-hydrogen) atoms. The van der Waals surface area contributed by atoms with Crippen molar-refractivity contribution in [2.45, 2.75) is 25.0 Å². The smallest absolute Gasteiger partial charge is 0.257 e. The van der Waals surface area contributed by atoms with Crippen LogP contribution < -0.4 is 10.1 Å². The number of ether oxygens (including phenoxy) is 1. The number of rotatable bonds is 5. The lowest BCUT2D eigenvalue weighted by Crippen LogP contribution is -2.12. The summed E-state index contributed by atoms with van der Waals surface area (Å²) in [4.78, 5) is 16.6. The van der Waals surface area contributed by atoms with Gasteiger partial charge in [0.15, 0.2) is 5.13 Å². The molecule has 2 aromatic rings. The zero-order valence-corrected chi connectivity index (χ0v) is 14.2. The van der Waals surface area contributed by atoms with Gasteiger partial charge in [0.05, 0.1) is 16.5 Å². The van der Waals surface area contributed by atoms with E-state index >= 15 is 0 Å². The molecule has 4 nitrogen and oxygen atoms in total. The monoisotopic (exact) mass is 322 g/mol. The van der Waals surface area contributed by atoms with E-state index < -0.39 is 0 Å². The number of thiazole rings is 1. The highest BCUT2D eigenvalue weighted by Gasteiger charge is 2.13.